The number of hydrogen-bond acceptors (Lipinski definition) is 3. The van der Waals surface area contributed by atoms with E-state index in [1.54, 1.807) is 0 Å². The molecule has 2 N–H and O–H groups in total. The molecule has 2 unspecified atom stereocenters. The number of hydrogen-bond donors (Lipinski definition) is 2. The molecule has 0 bridgehead atoms. The van der Waals surface area contributed by atoms with E-state index in [2.05, 4.69) is 12.4 Å². The van der Waals surface area contributed by atoms with Crippen LogP contribution in [0.1, 0.15) is 25.7 Å². The van der Waals surface area contributed by atoms with Crippen molar-refractivity contribution in [2.75, 3.05) is 25.2 Å². The van der Waals surface area contributed by atoms with Crippen LogP contribution < -0.4 is 5.32 Å². The number of rotatable bonds is 6. The van der Waals surface area contributed by atoms with Crippen molar-refractivity contribution in [2.24, 2.45) is 5.92 Å². The van der Waals surface area contributed by atoms with E-state index in [1.807, 2.05) is 11.8 Å². The molecule has 0 aliphatic heterocycles. The first-order chi connectivity index (χ1) is 6.38. The molecular formula is C10H21NOS. The van der Waals surface area contributed by atoms with Gasteiger partial charge in [-0.2, -0.15) is 11.8 Å². The van der Waals surface area contributed by atoms with Crippen LogP contribution in [0.4, 0.5) is 0 Å². The van der Waals surface area contributed by atoms with Crippen molar-refractivity contribution in [1.82, 2.24) is 5.32 Å². The summed E-state index contributed by atoms with van der Waals surface area (Å²) in [5.74, 6) is 3.00. The van der Waals surface area contributed by atoms with E-state index in [9.17, 15) is 0 Å². The average molecular weight is 203 g/mol. The van der Waals surface area contributed by atoms with E-state index in [0.717, 1.165) is 17.7 Å². The number of nitrogens with one attached hydrogen (secondary N) is 1. The lowest BCUT2D eigenvalue weighted by Gasteiger charge is -2.18. The normalized spacial score (nSPS) is 28.2. The number of thioether (sulfide) groups is 1. The molecular weight excluding hydrogens is 182 g/mol. The molecule has 0 amide bonds. The lowest BCUT2D eigenvalue weighted by atomic mass is 10.0. The first kappa shape index (κ1) is 11.3. The fourth-order valence-corrected chi connectivity index (χ4v) is 2.97. The Morgan fingerprint density at radius 3 is 2.92 bits per heavy atom. The van der Waals surface area contributed by atoms with Crippen molar-refractivity contribution in [3.63, 3.8) is 0 Å². The van der Waals surface area contributed by atoms with E-state index in [0.29, 0.717) is 6.61 Å². The van der Waals surface area contributed by atoms with Crippen molar-refractivity contribution >= 4 is 11.8 Å². The monoisotopic (exact) mass is 203 g/mol. The third kappa shape index (κ3) is 3.88. The Morgan fingerprint density at radius 2 is 2.23 bits per heavy atom. The van der Waals surface area contributed by atoms with Gasteiger partial charge in [0, 0.05) is 11.8 Å². The van der Waals surface area contributed by atoms with Gasteiger partial charge in [-0.25, -0.2) is 0 Å². The van der Waals surface area contributed by atoms with Crippen LogP contribution in [0, 0.1) is 5.92 Å². The minimum Gasteiger partial charge on any atom is -0.396 e. The molecule has 3 heteroatoms. The fraction of sp³-hybridized carbons (Fsp3) is 1.00. The van der Waals surface area contributed by atoms with Crippen LogP contribution in [0.15, 0.2) is 0 Å². The van der Waals surface area contributed by atoms with Crippen molar-refractivity contribution in [1.29, 1.82) is 0 Å². The van der Waals surface area contributed by atoms with Gasteiger partial charge in [0.2, 0.25) is 0 Å². The van der Waals surface area contributed by atoms with Gasteiger partial charge >= 0.3 is 0 Å². The van der Waals surface area contributed by atoms with Gasteiger partial charge in [-0.05, 0) is 38.0 Å². The molecule has 2 nitrogen and oxygen atoms in total. The lowest BCUT2D eigenvalue weighted by Crippen LogP contribution is -2.29. The largest absolute Gasteiger partial charge is 0.396 e. The molecule has 0 saturated heterocycles. The minimum atomic E-state index is 0.324. The second-order valence-electron chi connectivity index (χ2n) is 3.71. The topological polar surface area (TPSA) is 32.3 Å². The summed E-state index contributed by atoms with van der Waals surface area (Å²) < 4.78 is 0. The lowest BCUT2D eigenvalue weighted by molar-refractivity contribution is 0.322. The van der Waals surface area contributed by atoms with Gasteiger partial charge in [0.1, 0.15) is 0 Å². The predicted octanol–water partition coefficient (Wildman–Crippen LogP) is 1.49. The molecule has 0 radical (unpaired) electrons. The first-order valence-electron chi connectivity index (χ1n) is 5.24. The summed E-state index contributed by atoms with van der Waals surface area (Å²) >= 11 is 1.87. The van der Waals surface area contributed by atoms with Crippen LogP contribution in [-0.4, -0.2) is 36.3 Å². The standard InChI is InChI=1S/C10H21NOS/c1-11-10-4-2-3-9(10)5-7-13-8-6-12/h9-12H,2-8H2,1H3. The zero-order valence-electron chi connectivity index (χ0n) is 8.46. The molecule has 0 heterocycles. The Labute approximate surface area is 85.5 Å². The van der Waals surface area contributed by atoms with Crippen LogP contribution in [-0.2, 0) is 0 Å². The third-order valence-electron chi connectivity index (χ3n) is 2.90. The van der Waals surface area contributed by atoms with Crippen LogP contribution in [0.3, 0.4) is 0 Å². The molecule has 1 aliphatic rings. The highest BCUT2D eigenvalue weighted by atomic mass is 32.2. The Balaban J connectivity index is 2.06. The Morgan fingerprint density at radius 1 is 1.38 bits per heavy atom. The molecule has 13 heavy (non-hydrogen) atoms. The summed E-state index contributed by atoms with van der Waals surface area (Å²) in [6.45, 7) is 0.324. The van der Waals surface area contributed by atoms with Gasteiger partial charge in [0.05, 0.1) is 6.61 Å². The summed E-state index contributed by atoms with van der Waals surface area (Å²) in [4.78, 5) is 0. The SMILES string of the molecule is CNC1CCCC1CCSCCO. The smallest absolute Gasteiger partial charge is 0.0521 e. The van der Waals surface area contributed by atoms with Gasteiger partial charge in [-0.15, -0.1) is 0 Å². The molecule has 1 fully saturated rings. The minimum absolute atomic E-state index is 0.324. The maximum atomic E-state index is 8.62. The maximum absolute atomic E-state index is 8.62. The van der Waals surface area contributed by atoms with E-state index >= 15 is 0 Å². The van der Waals surface area contributed by atoms with Crippen molar-refractivity contribution in [2.45, 2.75) is 31.7 Å². The molecule has 2 atom stereocenters. The van der Waals surface area contributed by atoms with Gasteiger partial charge in [-0.3, -0.25) is 0 Å². The van der Waals surface area contributed by atoms with E-state index < -0.39 is 0 Å². The highest BCUT2D eigenvalue weighted by Crippen LogP contribution is 2.29. The van der Waals surface area contributed by atoms with Crippen LogP contribution in [0.25, 0.3) is 0 Å². The Bertz CT molecular complexity index is 132. The van der Waals surface area contributed by atoms with Crippen molar-refractivity contribution in [3.05, 3.63) is 0 Å². The van der Waals surface area contributed by atoms with Gasteiger partial charge in [0.15, 0.2) is 0 Å². The zero-order chi connectivity index (χ0) is 9.52. The summed E-state index contributed by atoms with van der Waals surface area (Å²) in [6, 6.07) is 0.759. The van der Waals surface area contributed by atoms with E-state index in [1.165, 1.54) is 31.4 Å². The molecule has 0 spiro atoms. The quantitative estimate of drug-likeness (QED) is 0.642. The van der Waals surface area contributed by atoms with Gasteiger partial charge in [0.25, 0.3) is 0 Å². The molecule has 1 rings (SSSR count). The van der Waals surface area contributed by atoms with E-state index in [-0.39, 0.29) is 0 Å². The average Bonchev–Trinajstić information content (AvgIpc) is 2.60. The second kappa shape index (κ2) is 6.68. The third-order valence-corrected chi connectivity index (χ3v) is 3.89. The molecule has 78 valence electrons. The maximum Gasteiger partial charge on any atom is 0.0521 e. The highest BCUT2D eigenvalue weighted by Gasteiger charge is 2.24. The number of aliphatic hydroxyl groups excluding tert-OH is 1. The summed E-state index contributed by atoms with van der Waals surface area (Å²) in [5.41, 5.74) is 0. The highest BCUT2D eigenvalue weighted by molar-refractivity contribution is 7.99. The molecule has 0 aromatic carbocycles. The molecule has 1 saturated carbocycles. The predicted molar refractivity (Wildman–Crippen MR) is 59.2 cm³/mol. The Kier molecular flexibility index (Phi) is 5.83. The number of aliphatic hydroxyl groups is 1. The fourth-order valence-electron chi connectivity index (χ4n) is 2.16. The van der Waals surface area contributed by atoms with Crippen molar-refractivity contribution in [3.8, 4) is 0 Å². The van der Waals surface area contributed by atoms with Crippen LogP contribution in [0.2, 0.25) is 0 Å². The van der Waals surface area contributed by atoms with Gasteiger partial charge < -0.3 is 10.4 Å². The van der Waals surface area contributed by atoms with Crippen molar-refractivity contribution < 1.29 is 5.11 Å². The van der Waals surface area contributed by atoms with Crippen LogP contribution >= 0.6 is 11.8 Å². The first-order valence-corrected chi connectivity index (χ1v) is 6.40. The Hall–Kier alpha value is 0.270. The zero-order valence-corrected chi connectivity index (χ0v) is 9.28. The molecule has 0 aromatic heterocycles. The van der Waals surface area contributed by atoms with E-state index in [4.69, 9.17) is 5.11 Å². The molecule has 1 aliphatic carbocycles. The second-order valence-corrected chi connectivity index (χ2v) is 4.94. The summed E-state index contributed by atoms with van der Waals surface area (Å²) in [6.07, 6.45) is 5.45. The summed E-state index contributed by atoms with van der Waals surface area (Å²) in [5, 5.41) is 12.0. The molecule has 0 aromatic rings. The summed E-state index contributed by atoms with van der Waals surface area (Å²) in [7, 11) is 2.07. The van der Waals surface area contributed by atoms with Crippen LogP contribution in [0.5, 0.6) is 0 Å². The van der Waals surface area contributed by atoms with Gasteiger partial charge in [-0.1, -0.05) is 6.42 Å².